The first kappa shape index (κ1) is 27.1. The van der Waals surface area contributed by atoms with Crippen LogP contribution in [0.25, 0.3) is 0 Å². The van der Waals surface area contributed by atoms with E-state index in [-0.39, 0.29) is 36.6 Å². The molecule has 3 aromatic carbocycles. The van der Waals surface area contributed by atoms with Gasteiger partial charge in [0.2, 0.25) is 15.9 Å². The van der Waals surface area contributed by atoms with Crippen LogP contribution in [0, 0.1) is 5.92 Å². The second-order valence-electron chi connectivity index (χ2n) is 8.87. The molecule has 0 spiro atoms. The highest BCUT2D eigenvalue weighted by Crippen LogP contribution is 2.27. The fraction of sp³-hybridized carbons (Fsp3) is 0.259. The van der Waals surface area contributed by atoms with Crippen LogP contribution in [0.5, 0.6) is 0 Å². The third-order valence-corrected chi connectivity index (χ3v) is 8.71. The van der Waals surface area contributed by atoms with Gasteiger partial charge in [0.25, 0.3) is 5.91 Å². The molecule has 1 fully saturated rings. The van der Waals surface area contributed by atoms with E-state index in [0.717, 1.165) is 5.56 Å². The van der Waals surface area contributed by atoms with Gasteiger partial charge >= 0.3 is 0 Å². The van der Waals surface area contributed by atoms with E-state index in [9.17, 15) is 18.0 Å². The normalized spacial score (nSPS) is 14.8. The molecule has 37 heavy (non-hydrogen) atoms. The lowest BCUT2D eigenvalue weighted by Gasteiger charge is -2.30. The smallest absolute Gasteiger partial charge is 0.253 e. The Hall–Kier alpha value is -2.91. The number of piperidine rings is 1. The molecular formula is C27H27Cl2N3O4S. The molecule has 2 amide bonds. The first-order chi connectivity index (χ1) is 17.7. The number of nitrogens with zero attached hydrogens (tertiary/aromatic N) is 1. The van der Waals surface area contributed by atoms with Gasteiger partial charge in [0.15, 0.2) is 0 Å². The van der Waals surface area contributed by atoms with Gasteiger partial charge < -0.3 is 10.6 Å². The fourth-order valence-corrected chi connectivity index (χ4v) is 6.37. The molecule has 0 aromatic heterocycles. The topological polar surface area (TPSA) is 95.6 Å². The van der Waals surface area contributed by atoms with Crippen molar-refractivity contribution in [2.45, 2.75) is 25.1 Å². The van der Waals surface area contributed by atoms with Crippen molar-refractivity contribution < 1.29 is 18.0 Å². The second-order valence-corrected chi connectivity index (χ2v) is 11.7. The van der Waals surface area contributed by atoms with Crippen LogP contribution < -0.4 is 10.6 Å². The number of hydrogen-bond donors (Lipinski definition) is 2. The molecule has 0 bridgehead atoms. The SMILES string of the molecule is O=C(NCc1ccccc1)c1ccccc1NC(=O)C1CCN(S(=O)(=O)Cc2ccc(Cl)cc2Cl)CC1. The third kappa shape index (κ3) is 7.11. The molecule has 4 rings (SSSR count). The molecule has 0 radical (unpaired) electrons. The van der Waals surface area contributed by atoms with E-state index in [2.05, 4.69) is 10.6 Å². The van der Waals surface area contributed by atoms with Gasteiger partial charge in [-0.1, -0.05) is 71.7 Å². The van der Waals surface area contributed by atoms with Crippen LogP contribution in [-0.4, -0.2) is 37.6 Å². The number of anilines is 1. The van der Waals surface area contributed by atoms with Crippen LogP contribution in [0.2, 0.25) is 10.0 Å². The van der Waals surface area contributed by atoms with Crippen molar-refractivity contribution in [1.29, 1.82) is 0 Å². The highest BCUT2D eigenvalue weighted by atomic mass is 35.5. The Labute approximate surface area is 226 Å². The predicted octanol–water partition coefficient (Wildman–Crippen LogP) is 5.10. The van der Waals surface area contributed by atoms with Crippen molar-refractivity contribution >= 4 is 50.7 Å². The zero-order chi connectivity index (χ0) is 26.4. The number of benzene rings is 3. The lowest BCUT2D eigenvalue weighted by molar-refractivity contribution is -0.120. The highest BCUT2D eigenvalue weighted by Gasteiger charge is 2.32. The van der Waals surface area contributed by atoms with Crippen molar-refractivity contribution in [2.75, 3.05) is 18.4 Å². The minimum absolute atomic E-state index is 0.227. The summed E-state index contributed by atoms with van der Waals surface area (Å²) in [6, 6.07) is 21.1. The Kier molecular flexibility index (Phi) is 8.87. The van der Waals surface area contributed by atoms with Crippen LogP contribution in [0.1, 0.15) is 34.3 Å². The molecule has 0 atom stereocenters. The molecule has 1 aliphatic heterocycles. The number of sulfonamides is 1. The minimum Gasteiger partial charge on any atom is -0.348 e. The molecular weight excluding hydrogens is 533 g/mol. The Balaban J connectivity index is 1.34. The minimum atomic E-state index is -3.61. The molecule has 1 aliphatic rings. The Morgan fingerprint density at radius 1 is 0.919 bits per heavy atom. The fourth-order valence-electron chi connectivity index (χ4n) is 4.22. The Morgan fingerprint density at radius 2 is 1.59 bits per heavy atom. The highest BCUT2D eigenvalue weighted by molar-refractivity contribution is 7.88. The summed E-state index contributed by atoms with van der Waals surface area (Å²) in [4.78, 5) is 25.8. The average molecular weight is 561 g/mol. The van der Waals surface area contributed by atoms with Crippen molar-refractivity contribution in [3.05, 3.63) is 99.5 Å². The third-order valence-electron chi connectivity index (χ3n) is 6.30. The summed E-state index contributed by atoms with van der Waals surface area (Å²) >= 11 is 12.1. The monoisotopic (exact) mass is 559 g/mol. The number of para-hydroxylation sites is 1. The van der Waals surface area contributed by atoms with Gasteiger partial charge in [0.05, 0.1) is 17.0 Å². The lowest BCUT2D eigenvalue weighted by atomic mass is 9.97. The van der Waals surface area contributed by atoms with Crippen LogP contribution in [-0.2, 0) is 27.1 Å². The standard InChI is InChI=1S/C27H27Cl2N3O4S/c28-22-11-10-21(24(29)16-22)18-37(35,36)32-14-12-20(13-15-32)26(33)31-25-9-5-4-8-23(25)27(34)30-17-19-6-2-1-3-7-19/h1-11,16,20H,12-15,17-18H2,(H,30,34)(H,31,33). The van der Waals surface area contributed by atoms with Gasteiger partial charge in [-0.25, -0.2) is 12.7 Å². The van der Waals surface area contributed by atoms with Crippen molar-refractivity contribution in [1.82, 2.24) is 9.62 Å². The number of nitrogens with one attached hydrogen (secondary N) is 2. The molecule has 7 nitrogen and oxygen atoms in total. The Morgan fingerprint density at radius 3 is 2.30 bits per heavy atom. The summed E-state index contributed by atoms with van der Waals surface area (Å²) in [6.07, 6.45) is 0.754. The second kappa shape index (κ2) is 12.1. The van der Waals surface area contributed by atoms with E-state index in [1.807, 2.05) is 30.3 Å². The van der Waals surface area contributed by atoms with Crippen molar-refractivity contribution in [2.24, 2.45) is 5.92 Å². The summed E-state index contributed by atoms with van der Waals surface area (Å²) < 4.78 is 27.3. The maximum atomic E-state index is 13.0. The number of carbonyl (C=O) groups is 2. The van der Waals surface area contributed by atoms with Gasteiger partial charge in [0, 0.05) is 35.6 Å². The molecule has 1 heterocycles. The van der Waals surface area contributed by atoms with Gasteiger partial charge in [-0.15, -0.1) is 0 Å². The summed E-state index contributed by atoms with van der Waals surface area (Å²) in [5, 5.41) is 6.49. The number of amides is 2. The number of rotatable bonds is 8. The van der Waals surface area contributed by atoms with Crippen LogP contribution >= 0.6 is 23.2 Å². The quantitative estimate of drug-likeness (QED) is 0.401. The molecule has 3 aromatic rings. The zero-order valence-electron chi connectivity index (χ0n) is 20.0. The maximum absolute atomic E-state index is 13.0. The maximum Gasteiger partial charge on any atom is 0.253 e. The van der Waals surface area contributed by atoms with E-state index < -0.39 is 10.0 Å². The molecule has 0 unspecified atom stereocenters. The van der Waals surface area contributed by atoms with Crippen LogP contribution in [0.3, 0.4) is 0 Å². The van der Waals surface area contributed by atoms with Crippen molar-refractivity contribution in [3.63, 3.8) is 0 Å². The van der Waals surface area contributed by atoms with E-state index in [4.69, 9.17) is 23.2 Å². The first-order valence-corrected chi connectivity index (χ1v) is 14.2. The number of carbonyl (C=O) groups excluding carboxylic acids is 2. The van der Waals surface area contributed by atoms with E-state index >= 15 is 0 Å². The lowest BCUT2D eigenvalue weighted by Crippen LogP contribution is -2.42. The summed E-state index contributed by atoms with van der Waals surface area (Å²) in [7, 11) is -3.61. The molecule has 0 saturated carbocycles. The van der Waals surface area contributed by atoms with Crippen molar-refractivity contribution in [3.8, 4) is 0 Å². The molecule has 194 valence electrons. The van der Waals surface area contributed by atoms with E-state index in [0.29, 0.717) is 46.2 Å². The van der Waals surface area contributed by atoms with Gasteiger partial charge in [-0.05, 0) is 48.2 Å². The molecule has 10 heteroatoms. The Bertz CT molecular complexity index is 1380. The predicted molar refractivity (Wildman–Crippen MR) is 146 cm³/mol. The number of halogens is 2. The summed E-state index contributed by atoms with van der Waals surface area (Å²) in [6.45, 7) is 0.825. The summed E-state index contributed by atoms with van der Waals surface area (Å²) in [5.41, 5.74) is 2.24. The first-order valence-electron chi connectivity index (χ1n) is 11.9. The largest absolute Gasteiger partial charge is 0.348 e. The van der Waals surface area contributed by atoms with Gasteiger partial charge in [0.1, 0.15) is 0 Å². The average Bonchev–Trinajstić information content (AvgIpc) is 2.90. The van der Waals surface area contributed by atoms with Crippen LogP contribution in [0.15, 0.2) is 72.8 Å². The van der Waals surface area contributed by atoms with E-state index in [1.165, 1.54) is 10.4 Å². The molecule has 1 saturated heterocycles. The summed E-state index contributed by atoms with van der Waals surface area (Å²) in [5.74, 6) is -1.13. The molecule has 2 N–H and O–H groups in total. The number of hydrogen-bond acceptors (Lipinski definition) is 4. The molecule has 0 aliphatic carbocycles. The zero-order valence-corrected chi connectivity index (χ0v) is 22.3. The van der Waals surface area contributed by atoms with E-state index in [1.54, 1.807) is 36.4 Å². The van der Waals surface area contributed by atoms with Crippen LogP contribution in [0.4, 0.5) is 5.69 Å². The van der Waals surface area contributed by atoms with Gasteiger partial charge in [-0.3, -0.25) is 9.59 Å². The van der Waals surface area contributed by atoms with Gasteiger partial charge in [-0.2, -0.15) is 0 Å².